The second-order valence-corrected chi connectivity index (χ2v) is 8.18. The molecule has 2 aromatic carbocycles. The van der Waals surface area contributed by atoms with Crippen LogP contribution in [0.1, 0.15) is 12.8 Å². The molecular weight excluding hydrogens is 381 g/mol. The Kier molecular flexibility index (Phi) is 5.52. The topological polar surface area (TPSA) is 66.5 Å². The Morgan fingerprint density at radius 2 is 1.67 bits per heavy atom. The molecule has 1 aliphatic heterocycles. The number of benzene rings is 2. The maximum atomic E-state index is 13.7. The van der Waals surface area contributed by atoms with Crippen LogP contribution >= 0.6 is 0 Å². The number of nitrogens with zero attached hydrogens (tertiary/aromatic N) is 1. The monoisotopic (exact) mass is 398 g/mol. The molecule has 0 radical (unpaired) electrons. The molecule has 0 unspecified atom stereocenters. The van der Waals surface area contributed by atoms with Gasteiger partial charge in [0, 0.05) is 13.1 Å². The number of hydrogen-bond donors (Lipinski definition) is 1. The minimum absolute atomic E-state index is 0.0786. The van der Waals surface area contributed by atoms with Crippen molar-refractivity contribution in [1.82, 2.24) is 4.31 Å². The fourth-order valence-corrected chi connectivity index (χ4v) is 4.50. The molecule has 0 aliphatic carbocycles. The summed E-state index contributed by atoms with van der Waals surface area (Å²) < 4.78 is 66.9. The molecule has 0 bridgehead atoms. The fourth-order valence-electron chi connectivity index (χ4n) is 2.97. The SMILES string of the molecule is O=C(Nc1c(F)cccc1F)[C@@H]1CCCN(S(=O)(=O)c2ccc(F)cc2)C1. The first-order valence-corrected chi connectivity index (χ1v) is 9.73. The number of halogens is 3. The van der Waals surface area contributed by atoms with E-state index in [2.05, 4.69) is 5.32 Å². The fraction of sp³-hybridized carbons (Fsp3) is 0.278. The predicted molar refractivity (Wildman–Crippen MR) is 92.9 cm³/mol. The summed E-state index contributed by atoms with van der Waals surface area (Å²) >= 11 is 0. The van der Waals surface area contributed by atoms with Gasteiger partial charge in [0.2, 0.25) is 15.9 Å². The Balaban J connectivity index is 1.75. The smallest absolute Gasteiger partial charge is 0.243 e. The van der Waals surface area contributed by atoms with Gasteiger partial charge in [-0.15, -0.1) is 0 Å². The number of nitrogens with one attached hydrogen (secondary N) is 1. The summed E-state index contributed by atoms with van der Waals surface area (Å²) in [5, 5.41) is 2.21. The molecule has 1 amide bonds. The molecule has 1 saturated heterocycles. The number of amides is 1. The summed E-state index contributed by atoms with van der Waals surface area (Å²) in [4.78, 5) is 12.3. The molecule has 144 valence electrons. The normalized spacial score (nSPS) is 18.3. The molecule has 9 heteroatoms. The maximum absolute atomic E-state index is 13.7. The highest BCUT2D eigenvalue weighted by molar-refractivity contribution is 7.89. The quantitative estimate of drug-likeness (QED) is 0.861. The molecule has 5 nitrogen and oxygen atoms in total. The molecule has 1 heterocycles. The Morgan fingerprint density at radius 1 is 1.04 bits per heavy atom. The number of anilines is 1. The van der Waals surface area contributed by atoms with Crippen LogP contribution in [0.4, 0.5) is 18.9 Å². The van der Waals surface area contributed by atoms with Gasteiger partial charge in [0.05, 0.1) is 10.8 Å². The molecule has 27 heavy (non-hydrogen) atoms. The van der Waals surface area contributed by atoms with Crippen LogP contribution in [0.15, 0.2) is 47.4 Å². The lowest BCUT2D eigenvalue weighted by atomic mass is 9.98. The van der Waals surface area contributed by atoms with Crippen molar-refractivity contribution in [2.24, 2.45) is 5.92 Å². The third-order valence-corrected chi connectivity index (χ3v) is 6.30. The lowest BCUT2D eigenvalue weighted by Gasteiger charge is -2.31. The number of sulfonamides is 1. The average Bonchev–Trinajstić information content (AvgIpc) is 2.65. The van der Waals surface area contributed by atoms with Crippen LogP contribution in [-0.2, 0) is 14.8 Å². The highest BCUT2D eigenvalue weighted by Crippen LogP contribution is 2.26. The van der Waals surface area contributed by atoms with Gasteiger partial charge in [-0.2, -0.15) is 4.31 Å². The molecule has 3 rings (SSSR count). The van der Waals surface area contributed by atoms with E-state index >= 15 is 0 Å². The highest BCUT2D eigenvalue weighted by atomic mass is 32.2. The summed E-state index contributed by atoms with van der Waals surface area (Å²) in [6.45, 7) is 0.0825. The number of rotatable bonds is 4. The number of carbonyl (C=O) groups excluding carboxylic acids is 1. The first kappa shape index (κ1) is 19.4. The van der Waals surface area contributed by atoms with Crippen molar-refractivity contribution in [1.29, 1.82) is 0 Å². The van der Waals surface area contributed by atoms with Gasteiger partial charge in [0.25, 0.3) is 0 Å². The van der Waals surface area contributed by atoms with E-state index in [-0.39, 0.29) is 18.0 Å². The summed E-state index contributed by atoms with van der Waals surface area (Å²) in [5.41, 5.74) is -0.555. The molecule has 1 N–H and O–H groups in total. The van der Waals surface area contributed by atoms with Crippen molar-refractivity contribution in [2.75, 3.05) is 18.4 Å². The molecule has 1 aliphatic rings. The van der Waals surface area contributed by atoms with Crippen LogP contribution < -0.4 is 5.32 Å². The average molecular weight is 398 g/mol. The zero-order valence-electron chi connectivity index (χ0n) is 14.2. The van der Waals surface area contributed by atoms with E-state index < -0.39 is 45.0 Å². The van der Waals surface area contributed by atoms with Gasteiger partial charge in [-0.1, -0.05) is 6.07 Å². The summed E-state index contributed by atoms with van der Waals surface area (Å²) in [6.07, 6.45) is 0.801. The predicted octanol–water partition coefficient (Wildman–Crippen LogP) is 3.14. The van der Waals surface area contributed by atoms with E-state index in [1.165, 1.54) is 6.07 Å². The zero-order valence-corrected chi connectivity index (χ0v) is 15.0. The molecule has 1 atom stereocenters. The minimum atomic E-state index is -3.90. The molecule has 0 spiro atoms. The minimum Gasteiger partial charge on any atom is -0.321 e. The Hall–Kier alpha value is -2.39. The van der Waals surface area contributed by atoms with E-state index in [9.17, 15) is 26.4 Å². The van der Waals surface area contributed by atoms with Crippen molar-refractivity contribution >= 4 is 21.6 Å². The third-order valence-electron chi connectivity index (χ3n) is 4.42. The van der Waals surface area contributed by atoms with Crippen molar-refractivity contribution < 1.29 is 26.4 Å². The van der Waals surface area contributed by atoms with Crippen LogP contribution in [-0.4, -0.2) is 31.7 Å². The van der Waals surface area contributed by atoms with E-state index in [4.69, 9.17) is 0 Å². The van der Waals surface area contributed by atoms with Gasteiger partial charge >= 0.3 is 0 Å². The van der Waals surface area contributed by atoms with Crippen molar-refractivity contribution in [3.63, 3.8) is 0 Å². The van der Waals surface area contributed by atoms with Gasteiger partial charge in [0.1, 0.15) is 23.1 Å². The van der Waals surface area contributed by atoms with Crippen LogP contribution in [0.5, 0.6) is 0 Å². The number of hydrogen-bond acceptors (Lipinski definition) is 3. The largest absolute Gasteiger partial charge is 0.321 e. The van der Waals surface area contributed by atoms with E-state index in [1.54, 1.807) is 0 Å². The second kappa shape index (κ2) is 7.69. The Bertz CT molecular complexity index is 929. The Labute approximate surface area is 154 Å². The molecule has 2 aromatic rings. The molecule has 1 fully saturated rings. The maximum Gasteiger partial charge on any atom is 0.243 e. The number of para-hydroxylation sites is 1. The first-order valence-electron chi connectivity index (χ1n) is 8.29. The lowest BCUT2D eigenvalue weighted by Crippen LogP contribution is -2.43. The van der Waals surface area contributed by atoms with E-state index in [0.717, 1.165) is 40.7 Å². The van der Waals surface area contributed by atoms with Gasteiger partial charge in [-0.3, -0.25) is 4.79 Å². The second-order valence-electron chi connectivity index (χ2n) is 6.24. The molecule has 0 aromatic heterocycles. The van der Waals surface area contributed by atoms with Crippen molar-refractivity contribution in [2.45, 2.75) is 17.7 Å². The van der Waals surface area contributed by atoms with Crippen LogP contribution in [0, 0.1) is 23.4 Å². The molecular formula is C18H17F3N2O3S. The first-order chi connectivity index (χ1) is 12.8. The molecule has 0 saturated carbocycles. The number of carbonyl (C=O) groups is 1. The summed E-state index contributed by atoms with van der Waals surface area (Å²) in [7, 11) is -3.90. The summed E-state index contributed by atoms with van der Waals surface area (Å²) in [5.74, 6) is -3.78. The highest BCUT2D eigenvalue weighted by Gasteiger charge is 2.33. The van der Waals surface area contributed by atoms with Crippen LogP contribution in [0.3, 0.4) is 0 Å². The zero-order chi connectivity index (χ0) is 19.6. The third kappa shape index (κ3) is 4.14. The van der Waals surface area contributed by atoms with E-state index in [1.807, 2.05) is 0 Å². The van der Waals surface area contributed by atoms with Gasteiger partial charge in [-0.05, 0) is 49.2 Å². The standard InChI is InChI=1S/C18H17F3N2O3S/c19-13-6-8-14(9-7-13)27(25,26)23-10-2-3-12(11-23)18(24)22-17-15(20)4-1-5-16(17)21/h1,4-9,12H,2-3,10-11H2,(H,22,24)/t12-/m1/s1. The van der Waals surface area contributed by atoms with E-state index in [0.29, 0.717) is 12.8 Å². The van der Waals surface area contributed by atoms with Crippen molar-refractivity contribution in [3.8, 4) is 0 Å². The van der Waals surface area contributed by atoms with Crippen LogP contribution in [0.25, 0.3) is 0 Å². The number of piperidine rings is 1. The van der Waals surface area contributed by atoms with Crippen LogP contribution in [0.2, 0.25) is 0 Å². The van der Waals surface area contributed by atoms with Gasteiger partial charge in [-0.25, -0.2) is 21.6 Å². The summed E-state index contributed by atoms with van der Waals surface area (Å²) in [6, 6.07) is 7.61. The van der Waals surface area contributed by atoms with Gasteiger partial charge < -0.3 is 5.32 Å². The lowest BCUT2D eigenvalue weighted by molar-refractivity contribution is -0.120. The van der Waals surface area contributed by atoms with Gasteiger partial charge in [0.15, 0.2) is 0 Å². The van der Waals surface area contributed by atoms with Crippen molar-refractivity contribution in [3.05, 3.63) is 59.9 Å². The Morgan fingerprint density at radius 3 is 2.30 bits per heavy atom.